The molecule has 1 aromatic rings. The third kappa shape index (κ3) is 4.62. The molecule has 16 heavy (non-hydrogen) atoms. The highest BCUT2D eigenvalue weighted by atomic mass is 32.1. The molecule has 0 aromatic heterocycles. The number of anilines is 1. The molecule has 0 saturated carbocycles. The summed E-state index contributed by atoms with van der Waals surface area (Å²) >= 11 is 4.85. The number of unbranched alkanes of at least 4 members (excludes halogenated alkanes) is 1. The Morgan fingerprint density at radius 3 is 2.75 bits per heavy atom. The van der Waals surface area contributed by atoms with Gasteiger partial charge in [0.15, 0.2) is 0 Å². The van der Waals surface area contributed by atoms with E-state index in [4.69, 9.17) is 18.0 Å². The molecule has 0 bridgehead atoms. The molecule has 0 aliphatic carbocycles. The van der Waals surface area contributed by atoms with E-state index in [2.05, 4.69) is 43.1 Å². The fraction of sp³-hybridized carbons (Fsp3) is 0.462. The predicted molar refractivity (Wildman–Crippen MR) is 75.1 cm³/mol. The van der Waals surface area contributed by atoms with Crippen molar-refractivity contribution in [2.75, 3.05) is 18.5 Å². The average molecular weight is 236 g/mol. The third-order valence-electron chi connectivity index (χ3n) is 2.61. The van der Waals surface area contributed by atoms with Crippen molar-refractivity contribution in [2.45, 2.75) is 26.2 Å². The van der Waals surface area contributed by atoms with Crippen LogP contribution in [0, 0.1) is 6.92 Å². The zero-order chi connectivity index (χ0) is 12.0. The predicted octanol–water partition coefficient (Wildman–Crippen LogP) is 2.89. The summed E-state index contributed by atoms with van der Waals surface area (Å²) in [7, 11) is 2.12. The minimum absolute atomic E-state index is 0.623. The van der Waals surface area contributed by atoms with E-state index in [1.165, 1.54) is 11.3 Å². The van der Waals surface area contributed by atoms with Crippen molar-refractivity contribution < 1.29 is 0 Å². The van der Waals surface area contributed by atoms with Crippen molar-refractivity contribution in [1.29, 1.82) is 0 Å². The van der Waals surface area contributed by atoms with Crippen molar-refractivity contribution in [3.05, 3.63) is 29.8 Å². The van der Waals surface area contributed by atoms with Crippen LogP contribution in [0.2, 0.25) is 0 Å². The Balaban J connectivity index is 2.35. The molecular formula is C13H20N2S. The normalized spacial score (nSPS) is 10.1. The van der Waals surface area contributed by atoms with E-state index in [0.29, 0.717) is 4.99 Å². The lowest BCUT2D eigenvalue weighted by molar-refractivity contribution is 0.742. The lowest BCUT2D eigenvalue weighted by Crippen LogP contribution is -2.19. The maximum atomic E-state index is 5.46. The highest BCUT2D eigenvalue weighted by molar-refractivity contribution is 7.80. The van der Waals surface area contributed by atoms with Crippen LogP contribution < -0.4 is 10.6 Å². The minimum atomic E-state index is 0.623. The molecule has 0 spiro atoms. The Kier molecular flexibility index (Phi) is 5.26. The first-order chi connectivity index (χ1) is 7.59. The summed E-state index contributed by atoms with van der Waals surface area (Å²) in [6.07, 6.45) is 3.06. The molecule has 0 amide bonds. The first-order valence-corrected chi connectivity index (χ1v) is 6.06. The Morgan fingerprint density at radius 1 is 1.38 bits per heavy atom. The van der Waals surface area contributed by atoms with E-state index in [-0.39, 0.29) is 0 Å². The molecule has 0 unspecified atom stereocenters. The van der Waals surface area contributed by atoms with Gasteiger partial charge in [0.1, 0.15) is 0 Å². The van der Waals surface area contributed by atoms with E-state index in [9.17, 15) is 0 Å². The molecule has 0 radical (unpaired) electrons. The summed E-state index contributed by atoms with van der Waals surface area (Å²) < 4.78 is 0. The van der Waals surface area contributed by atoms with Crippen LogP contribution in [0.4, 0.5) is 5.69 Å². The number of benzene rings is 1. The summed E-state index contributed by atoms with van der Waals surface area (Å²) in [4.78, 5) is 2.89. The van der Waals surface area contributed by atoms with Gasteiger partial charge in [-0.3, -0.25) is 0 Å². The number of rotatable bonds is 6. The topological polar surface area (TPSA) is 29.3 Å². The number of aryl methyl sites for hydroxylation is 1. The fourth-order valence-electron chi connectivity index (χ4n) is 1.64. The van der Waals surface area contributed by atoms with Crippen LogP contribution >= 0.6 is 12.2 Å². The maximum Gasteiger partial charge on any atom is 0.0727 e. The van der Waals surface area contributed by atoms with Crippen LogP contribution in [0.3, 0.4) is 0 Å². The van der Waals surface area contributed by atoms with Gasteiger partial charge in [0.05, 0.1) is 4.99 Å². The van der Waals surface area contributed by atoms with Gasteiger partial charge in [-0.1, -0.05) is 24.4 Å². The summed E-state index contributed by atoms with van der Waals surface area (Å²) in [5, 5.41) is 0. The summed E-state index contributed by atoms with van der Waals surface area (Å²) in [6.45, 7) is 3.16. The molecule has 0 fully saturated rings. The van der Waals surface area contributed by atoms with Crippen molar-refractivity contribution in [2.24, 2.45) is 5.73 Å². The first-order valence-electron chi connectivity index (χ1n) is 5.65. The molecule has 2 nitrogen and oxygen atoms in total. The quantitative estimate of drug-likeness (QED) is 0.608. The summed E-state index contributed by atoms with van der Waals surface area (Å²) in [5.41, 5.74) is 8.03. The monoisotopic (exact) mass is 236 g/mol. The van der Waals surface area contributed by atoms with Gasteiger partial charge in [-0.25, -0.2) is 0 Å². The highest BCUT2D eigenvalue weighted by Gasteiger charge is 2.00. The molecule has 1 rings (SSSR count). The van der Waals surface area contributed by atoms with Gasteiger partial charge < -0.3 is 10.6 Å². The van der Waals surface area contributed by atoms with E-state index < -0.39 is 0 Å². The van der Waals surface area contributed by atoms with Gasteiger partial charge in [-0.05, 0) is 43.9 Å². The Labute approximate surface area is 103 Å². The SMILES string of the molecule is Cc1cccc(N(C)CCCCC(N)=S)c1. The molecule has 3 heteroatoms. The van der Waals surface area contributed by atoms with Gasteiger partial charge in [0.25, 0.3) is 0 Å². The number of thiocarbonyl (C=S) groups is 1. The van der Waals surface area contributed by atoms with Gasteiger partial charge in [-0.15, -0.1) is 0 Å². The Hall–Kier alpha value is -1.09. The van der Waals surface area contributed by atoms with Gasteiger partial charge in [0.2, 0.25) is 0 Å². The summed E-state index contributed by atoms with van der Waals surface area (Å²) in [5.74, 6) is 0. The molecule has 0 heterocycles. The third-order valence-corrected chi connectivity index (χ3v) is 2.81. The lowest BCUT2D eigenvalue weighted by Gasteiger charge is -2.19. The molecule has 0 aliphatic rings. The Morgan fingerprint density at radius 2 is 2.12 bits per heavy atom. The lowest BCUT2D eigenvalue weighted by atomic mass is 10.2. The minimum Gasteiger partial charge on any atom is -0.393 e. The zero-order valence-corrected chi connectivity index (χ0v) is 10.9. The average Bonchev–Trinajstić information content (AvgIpc) is 2.24. The van der Waals surface area contributed by atoms with E-state index in [0.717, 1.165) is 25.8 Å². The van der Waals surface area contributed by atoms with Crippen molar-refractivity contribution in [3.8, 4) is 0 Å². The van der Waals surface area contributed by atoms with Crippen LogP contribution in [0.25, 0.3) is 0 Å². The number of hydrogen-bond acceptors (Lipinski definition) is 2. The standard InChI is InChI=1S/C13H20N2S/c1-11-6-5-7-12(10-11)15(2)9-4-3-8-13(14)16/h5-7,10H,3-4,8-9H2,1-2H3,(H2,14,16). The second kappa shape index (κ2) is 6.48. The van der Waals surface area contributed by atoms with Crippen LogP contribution in [0.5, 0.6) is 0 Å². The second-order valence-corrected chi connectivity index (χ2v) is 4.71. The molecule has 88 valence electrons. The molecule has 2 N–H and O–H groups in total. The highest BCUT2D eigenvalue weighted by Crippen LogP contribution is 2.14. The molecular weight excluding hydrogens is 216 g/mol. The number of hydrogen-bond donors (Lipinski definition) is 1. The van der Waals surface area contributed by atoms with Gasteiger partial charge >= 0.3 is 0 Å². The van der Waals surface area contributed by atoms with Crippen LogP contribution in [0.15, 0.2) is 24.3 Å². The Bertz CT molecular complexity index is 350. The van der Waals surface area contributed by atoms with Crippen LogP contribution in [-0.2, 0) is 0 Å². The van der Waals surface area contributed by atoms with E-state index >= 15 is 0 Å². The van der Waals surface area contributed by atoms with Crippen LogP contribution in [0.1, 0.15) is 24.8 Å². The number of nitrogens with two attached hydrogens (primary N) is 1. The molecule has 0 atom stereocenters. The molecule has 0 saturated heterocycles. The first kappa shape index (κ1) is 13.0. The number of nitrogens with zero attached hydrogens (tertiary/aromatic N) is 1. The van der Waals surface area contributed by atoms with Gasteiger partial charge in [-0.2, -0.15) is 0 Å². The van der Waals surface area contributed by atoms with Crippen LogP contribution in [-0.4, -0.2) is 18.6 Å². The second-order valence-electron chi connectivity index (χ2n) is 4.18. The molecule has 0 aliphatic heterocycles. The molecule has 1 aromatic carbocycles. The van der Waals surface area contributed by atoms with Crippen molar-refractivity contribution in [1.82, 2.24) is 0 Å². The summed E-state index contributed by atoms with van der Waals surface area (Å²) in [6, 6.07) is 8.55. The maximum absolute atomic E-state index is 5.46. The van der Waals surface area contributed by atoms with E-state index in [1.54, 1.807) is 0 Å². The fourth-order valence-corrected chi connectivity index (χ4v) is 1.79. The van der Waals surface area contributed by atoms with Crippen molar-refractivity contribution >= 4 is 22.9 Å². The largest absolute Gasteiger partial charge is 0.393 e. The smallest absolute Gasteiger partial charge is 0.0727 e. The van der Waals surface area contributed by atoms with E-state index in [1.807, 2.05) is 0 Å². The van der Waals surface area contributed by atoms with Crippen molar-refractivity contribution in [3.63, 3.8) is 0 Å². The zero-order valence-electron chi connectivity index (χ0n) is 10.1. The van der Waals surface area contributed by atoms with Gasteiger partial charge in [0, 0.05) is 19.3 Å².